The lowest BCUT2D eigenvalue weighted by Gasteiger charge is -2.18. The molecule has 0 aliphatic rings. The molecule has 0 bridgehead atoms. The molecular formula is C14H15FN2O2S. The first-order chi connectivity index (χ1) is 9.28. The Morgan fingerprint density at radius 1 is 1.30 bits per heavy atom. The van der Waals surface area contributed by atoms with Crippen molar-refractivity contribution in [3.63, 3.8) is 0 Å². The van der Waals surface area contributed by atoms with Gasteiger partial charge >= 0.3 is 5.97 Å². The van der Waals surface area contributed by atoms with E-state index in [9.17, 15) is 9.18 Å². The van der Waals surface area contributed by atoms with Crippen molar-refractivity contribution in [2.75, 3.05) is 5.73 Å². The predicted molar refractivity (Wildman–Crippen MR) is 77.1 cm³/mol. The number of benzene rings is 1. The number of carbonyl (C=O) groups excluding carboxylic acids is 1. The Kier molecular flexibility index (Phi) is 3.76. The zero-order chi connectivity index (χ0) is 14.9. The van der Waals surface area contributed by atoms with E-state index in [1.807, 2.05) is 0 Å². The van der Waals surface area contributed by atoms with Crippen molar-refractivity contribution in [3.05, 3.63) is 35.0 Å². The van der Waals surface area contributed by atoms with Gasteiger partial charge < -0.3 is 10.5 Å². The minimum Gasteiger partial charge on any atom is -0.456 e. The van der Waals surface area contributed by atoms with E-state index in [2.05, 4.69) is 4.37 Å². The van der Waals surface area contributed by atoms with Crippen LogP contribution in [0.15, 0.2) is 24.3 Å². The van der Waals surface area contributed by atoms with Crippen LogP contribution in [0, 0.1) is 5.82 Å². The molecule has 0 atom stereocenters. The van der Waals surface area contributed by atoms with Gasteiger partial charge in [-0.1, -0.05) is 0 Å². The molecule has 1 aromatic carbocycles. The number of hydrogen-bond acceptors (Lipinski definition) is 5. The number of rotatable bonds is 2. The molecule has 0 aliphatic heterocycles. The van der Waals surface area contributed by atoms with Gasteiger partial charge in [0.1, 0.15) is 17.1 Å². The van der Waals surface area contributed by atoms with Crippen LogP contribution in [0.25, 0.3) is 11.3 Å². The smallest absolute Gasteiger partial charge is 0.352 e. The number of aromatic nitrogens is 1. The molecular weight excluding hydrogens is 279 g/mol. The third-order valence-corrected chi connectivity index (χ3v) is 3.27. The molecule has 0 spiro atoms. The summed E-state index contributed by atoms with van der Waals surface area (Å²) in [6.45, 7) is 5.34. The topological polar surface area (TPSA) is 65.2 Å². The second-order valence-electron chi connectivity index (χ2n) is 5.28. The first kappa shape index (κ1) is 14.5. The van der Waals surface area contributed by atoms with Crippen molar-refractivity contribution < 1.29 is 13.9 Å². The minimum atomic E-state index is -0.594. The zero-order valence-electron chi connectivity index (χ0n) is 11.4. The largest absolute Gasteiger partial charge is 0.456 e. The van der Waals surface area contributed by atoms with Gasteiger partial charge in [0, 0.05) is 5.56 Å². The summed E-state index contributed by atoms with van der Waals surface area (Å²) in [7, 11) is 0. The highest BCUT2D eigenvalue weighted by molar-refractivity contribution is 7.09. The number of nitrogens with two attached hydrogens (primary N) is 1. The zero-order valence-corrected chi connectivity index (χ0v) is 12.3. The average molecular weight is 294 g/mol. The van der Waals surface area contributed by atoms with Crippen LogP contribution < -0.4 is 5.73 Å². The van der Waals surface area contributed by atoms with E-state index >= 15 is 0 Å². The average Bonchev–Trinajstić information content (AvgIpc) is 2.70. The third kappa shape index (κ3) is 3.14. The van der Waals surface area contributed by atoms with E-state index < -0.39 is 11.6 Å². The van der Waals surface area contributed by atoms with E-state index in [4.69, 9.17) is 10.5 Å². The molecule has 106 valence electrons. The molecule has 2 rings (SSSR count). The summed E-state index contributed by atoms with van der Waals surface area (Å²) in [5, 5.41) is 0. The SMILES string of the molecule is CC(C)(C)OC(=O)c1snc(-c2ccc(F)cc2)c1N. The van der Waals surface area contributed by atoms with Crippen LogP contribution in [0.3, 0.4) is 0 Å². The highest BCUT2D eigenvalue weighted by Gasteiger charge is 2.24. The summed E-state index contributed by atoms with van der Waals surface area (Å²) in [5.74, 6) is -0.837. The van der Waals surface area contributed by atoms with Crippen LogP contribution in [0.4, 0.5) is 10.1 Å². The van der Waals surface area contributed by atoms with Crippen LogP contribution in [0.2, 0.25) is 0 Å². The number of nitrogen functional groups attached to an aromatic ring is 1. The van der Waals surface area contributed by atoms with Crippen LogP contribution >= 0.6 is 11.5 Å². The highest BCUT2D eigenvalue weighted by atomic mass is 32.1. The van der Waals surface area contributed by atoms with Crippen molar-refractivity contribution >= 4 is 23.2 Å². The fraction of sp³-hybridized carbons (Fsp3) is 0.286. The van der Waals surface area contributed by atoms with E-state index in [-0.39, 0.29) is 16.4 Å². The normalized spacial score (nSPS) is 11.4. The molecule has 0 radical (unpaired) electrons. The first-order valence-electron chi connectivity index (χ1n) is 6.02. The van der Waals surface area contributed by atoms with Gasteiger partial charge in [0.2, 0.25) is 0 Å². The number of hydrogen-bond donors (Lipinski definition) is 1. The van der Waals surface area contributed by atoms with Crippen LogP contribution in [0.5, 0.6) is 0 Å². The number of carbonyl (C=O) groups is 1. The summed E-state index contributed by atoms with van der Waals surface area (Å²) in [6, 6.07) is 5.78. The molecule has 0 unspecified atom stereocenters. The summed E-state index contributed by atoms with van der Waals surface area (Å²) in [4.78, 5) is 12.3. The predicted octanol–water partition coefficient (Wildman–Crippen LogP) is 3.49. The third-order valence-electron chi connectivity index (χ3n) is 2.43. The van der Waals surface area contributed by atoms with Gasteiger partial charge in [0.25, 0.3) is 0 Å². The monoisotopic (exact) mass is 294 g/mol. The van der Waals surface area contributed by atoms with Crippen molar-refractivity contribution in [2.45, 2.75) is 26.4 Å². The van der Waals surface area contributed by atoms with Crippen molar-refractivity contribution in [1.82, 2.24) is 4.37 Å². The van der Waals surface area contributed by atoms with E-state index in [0.717, 1.165) is 11.5 Å². The van der Waals surface area contributed by atoms with Crippen LogP contribution in [0.1, 0.15) is 30.4 Å². The van der Waals surface area contributed by atoms with Gasteiger partial charge in [-0.2, -0.15) is 4.37 Å². The maximum atomic E-state index is 12.9. The minimum absolute atomic E-state index is 0.260. The first-order valence-corrected chi connectivity index (χ1v) is 6.80. The highest BCUT2D eigenvalue weighted by Crippen LogP contribution is 2.32. The Labute approximate surface area is 120 Å². The van der Waals surface area contributed by atoms with Gasteiger partial charge in [-0.15, -0.1) is 0 Å². The van der Waals surface area contributed by atoms with Crippen molar-refractivity contribution in [1.29, 1.82) is 0 Å². The number of esters is 1. The lowest BCUT2D eigenvalue weighted by atomic mass is 10.1. The van der Waals surface area contributed by atoms with Gasteiger partial charge in [0.15, 0.2) is 4.88 Å². The number of nitrogens with zero attached hydrogens (tertiary/aromatic N) is 1. The lowest BCUT2D eigenvalue weighted by Crippen LogP contribution is -2.23. The number of halogens is 1. The lowest BCUT2D eigenvalue weighted by molar-refractivity contribution is 0.00764. The summed E-state index contributed by atoms with van der Waals surface area (Å²) >= 11 is 0.981. The van der Waals surface area contributed by atoms with E-state index in [1.165, 1.54) is 12.1 Å². The standard InChI is InChI=1S/C14H15FN2O2S/c1-14(2,3)19-13(18)12-10(16)11(17-20-12)8-4-6-9(15)7-5-8/h4-7H,16H2,1-3H3. The van der Waals surface area contributed by atoms with Crippen LogP contribution in [-0.4, -0.2) is 15.9 Å². The Balaban J connectivity index is 2.32. The van der Waals surface area contributed by atoms with Crippen molar-refractivity contribution in [3.8, 4) is 11.3 Å². The Bertz CT molecular complexity index is 630. The molecule has 0 aliphatic carbocycles. The van der Waals surface area contributed by atoms with Crippen molar-refractivity contribution in [2.24, 2.45) is 0 Å². The molecule has 1 heterocycles. The van der Waals surface area contributed by atoms with E-state index in [0.29, 0.717) is 11.3 Å². The molecule has 2 aromatic rings. The molecule has 0 fully saturated rings. The molecule has 0 amide bonds. The summed E-state index contributed by atoms with van der Waals surface area (Å²) in [5.41, 5.74) is 6.74. The second kappa shape index (κ2) is 5.20. The molecule has 0 saturated heterocycles. The molecule has 4 nitrogen and oxygen atoms in total. The van der Waals surface area contributed by atoms with Gasteiger partial charge in [-0.3, -0.25) is 0 Å². The quantitative estimate of drug-likeness (QED) is 0.861. The molecule has 0 saturated carbocycles. The fourth-order valence-corrected chi connectivity index (χ4v) is 2.28. The van der Waals surface area contributed by atoms with Gasteiger partial charge in [-0.05, 0) is 56.6 Å². The summed E-state index contributed by atoms with van der Waals surface area (Å²) in [6.07, 6.45) is 0. The Morgan fingerprint density at radius 3 is 2.45 bits per heavy atom. The number of ether oxygens (including phenoxy) is 1. The molecule has 20 heavy (non-hydrogen) atoms. The maximum Gasteiger partial charge on any atom is 0.352 e. The Hall–Kier alpha value is -1.95. The van der Waals surface area contributed by atoms with Crippen LogP contribution in [-0.2, 0) is 4.74 Å². The Morgan fingerprint density at radius 2 is 1.90 bits per heavy atom. The maximum absolute atomic E-state index is 12.9. The van der Waals surface area contributed by atoms with E-state index in [1.54, 1.807) is 32.9 Å². The number of anilines is 1. The second-order valence-corrected chi connectivity index (χ2v) is 6.06. The molecule has 1 aromatic heterocycles. The summed E-state index contributed by atoms with van der Waals surface area (Å²) < 4.78 is 22.3. The fourth-order valence-electron chi connectivity index (χ4n) is 1.58. The van der Waals surface area contributed by atoms with Gasteiger partial charge in [0.05, 0.1) is 5.69 Å². The molecule has 2 N–H and O–H groups in total. The van der Waals surface area contributed by atoms with Gasteiger partial charge in [-0.25, -0.2) is 9.18 Å². The molecule has 6 heteroatoms.